The van der Waals surface area contributed by atoms with E-state index in [1.54, 1.807) is 31.5 Å². The molecule has 8 nitrogen and oxygen atoms in total. The molecule has 0 radical (unpaired) electrons. The van der Waals surface area contributed by atoms with E-state index in [1.165, 1.54) is 0 Å². The van der Waals surface area contributed by atoms with Gasteiger partial charge in [-0.1, -0.05) is 11.6 Å². The summed E-state index contributed by atoms with van der Waals surface area (Å²) in [6, 6.07) is 6.94. The average molecular weight is 441 g/mol. The van der Waals surface area contributed by atoms with Crippen molar-refractivity contribution in [3.63, 3.8) is 0 Å². The monoisotopic (exact) mass is 440 g/mol. The second kappa shape index (κ2) is 6.34. The average Bonchev–Trinajstić information content (AvgIpc) is 3.12. The maximum absolute atomic E-state index is 12.9. The highest BCUT2D eigenvalue weighted by Gasteiger charge is 2.70. The number of amides is 1. The summed E-state index contributed by atoms with van der Waals surface area (Å²) < 4.78 is 13.1. The molecule has 1 amide bonds. The molecule has 2 bridgehead atoms. The molecule has 3 saturated carbocycles. The molecular formula is C22H21ClN4O4. The third-order valence-electron chi connectivity index (χ3n) is 6.78. The number of fused-ring (bicyclic) bond motifs is 2. The number of halogens is 1. The van der Waals surface area contributed by atoms with Gasteiger partial charge in [-0.3, -0.25) is 9.48 Å². The van der Waals surface area contributed by atoms with Gasteiger partial charge in [-0.25, -0.2) is 4.98 Å². The molecule has 2 atom stereocenters. The Labute approximate surface area is 183 Å². The lowest BCUT2D eigenvalue weighted by atomic mass is 9.44. The van der Waals surface area contributed by atoms with Crippen molar-refractivity contribution in [1.29, 1.82) is 0 Å². The summed E-state index contributed by atoms with van der Waals surface area (Å²) in [6.07, 6.45) is 4.92. The number of ether oxygens (including phenoxy) is 2. The van der Waals surface area contributed by atoms with Crippen molar-refractivity contribution in [1.82, 2.24) is 20.1 Å². The first-order valence-corrected chi connectivity index (χ1v) is 10.6. The van der Waals surface area contributed by atoms with Crippen molar-refractivity contribution in [3.05, 3.63) is 47.2 Å². The van der Waals surface area contributed by atoms with E-state index in [0.29, 0.717) is 22.2 Å². The van der Waals surface area contributed by atoms with E-state index in [-0.39, 0.29) is 23.4 Å². The predicted molar refractivity (Wildman–Crippen MR) is 112 cm³/mol. The van der Waals surface area contributed by atoms with Crippen LogP contribution in [-0.4, -0.2) is 44.5 Å². The van der Waals surface area contributed by atoms with Crippen LogP contribution in [0, 0.1) is 0 Å². The van der Waals surface area contributed by atoms with Crippen LogP contribution in [0.1, 0.15) is 37.4 Å². The van der Waals surface area contributed by atoms with E-state index in [1.807, 2.05) is 16.9 Å². The first-order chi connectivity index (χ1) is 14.9. The Morgan fingerprint density at radius 2 is 2.16 bits per heavy atom. The van der Waals surface area contributed by atoms with Crippen LogP contribution in [0.2, 0.25) is 5.02 Å². The number of nitrogens with one attached hydrogen (secondary N) is 1. The van der Waals surface area contributed by atoms with E-state index in [0.717, 1.165) is 30.2 Å². The smallest absolute Gasteiger partial charge is 0.261 e. The molecule has 160 valence electrons. The molecule has 9 heteroatoms. The molecule has 7 rings (SSSR count). The highest BCUT2D eigenvalue weighted by atomic mass is 35.5. The number of aliphatic hydroxyl groups is 1. The van der Waals surface area contributed by atoms with Gasteiger partial charge in [-0.2, -0.15) is 5.10 Å². The summed E-state index contributed by atoms with van der Waals surface area (Å²) in [5, 5.41) is 19.8. The molecule has 3 fully saturated rings. The zero-order valence-corrected chi connectivity index (χ0v) is 17.6. The summed E-state index contributed by atoms with van der Waals surface area (Å²) >= 11 is 6.00. The number of pyridine rings is 1. The number of aliphatic hydroxyl groups excluding tert-OH is 1. The minimum atomic E-state index is -0.778. The molecule has 1 aromatic carbocycles. The Morgan fingerprint density at radius 3 is 2.94 bits per heavy atom. The number of carbonyl (C=O) groups is 1. The van der Waals surface area contributed by atoms with Crippen LogP contribution in [0.3, 0.4) is 0 Å². The maximum Gasteiger partial charge on any atom is 0.261 e. The number of aromatic nitrogens is 3. The molecule has 2 aromatic heterocycles. The Hall–Kier alpha value is -2.84. The van der Waals surface area contributed by atoms with Crippen LogP contribution in [0.5, 0.6) is 11.6 Å². The van der Waals surface area contributed by atoms with Crippen molar-refractivity contribution >= 4 is 28.4 Å². The summed E-state index contributed by atoms with van der Waals surface area (Å²) in [5.41, 5.74) is 1.17. The fourth-order valence-electron chi connectivity index (χ4n) is 5.29. The van der Waals surface area contributed by atoms with Gasteiger partial charge >= 0.3 is 0 Å². The van der Waals surface area contributed by atoms with E-state index < -0.39 is 12.2 Å². The predicted octanol–water partition coefficient (Wildman–Crippen LogP) is 2.73. The topological polar surface area (TPSA) is 98.5 Å². The van der Waals surface area contributed by atoms with Crippen molar-refractivity contribution in [2.75, 3.05) is 7.11 Å². The standard InChI is InChI=1S/C22H21ClN4O4/c1-30-19-4-12-8-27(26-15(12)7-24-19)22-9-21(10-22,11-22)25-20(29)18-6-16(28)14-5-13(23)2-3-17(14)31-18/h2-5,7-8,16,18,28H,6,9-11H2,1H3,(H,25,29)/t16-,18-,21?,22?/m1/s1. The number of hydrogen-bond donors (Lipinski definition) is 2. The minimum absolute atomic E-state index is 0.0597. The molecule has 3 aliphatic carbocycles. The molecule has 0 saturated heterocycles. The van der Waals surface area contributed by atoms with Gasteiger partial charge in [0.2, 0.25) is 5.88 Å². The number of benzene rings is 1. The number of hydrogen-bond acceptors (Lipinski definition) is 6. The Bertz CT molecular complexity index is 1210. The highest BCUT2D eigenvalue weighted by molar-refractivity contribution is 6.30. The fraction of sp³-hybridized carbons (Fsp3) is 0.409. The minimum Gasteiger partial charge on any atom is -0.481 e. The summed E-state index contributed by atoms with van der Waals surface area (Å²) in [7, 11) is 1.59. The normalized spacial score (nSPS) is 30.5. The van der Waals surface area contributed by atoms with Crippen molar-refractivity contribution in [2.45, 2.75) is 49.0 Å². The first kappa shape index (κ1) is 18.9. The van der Waals surface area contributed by atoms with E-state index >= 15 is 0 Å². The number of methoxy groups -OCH3 is 1. The van der Waals surface area contributed by atoms with Crippen molar-refractivity contribution in [2.24, 2.45) is 0 Å². The van der Waals surface area contributed by atoms with Gasteiger partial charge in [-0.05, 0) is 37.5 Å². The fourth-order valence-corrected chi connectivity index (χ4v) is 5.47. The molecule has 3 aromatic rings. The zero-order chi connectivity index (χ0) is 21.4. The Balaban J connectivity index is 1.13. The second-order valence-electron chi connectivity index (χ2n) is 8.92. The number of nitrogens with zero attached hydrogens (tertiary/aromatic N) is 3. The van der Waals surface area contributed by atoms with Gasteiger partial charge in [0.15, 0.2) is 6.10 Å². The molecule has 0 spiro atoms. The quantitative estimate of drug-likeness (QED) is 0.647. The molecule has 4 aliphatic rings. The lowest BCUT2D eigenvalue weighted by Crippen LogP contribution is -2.79. The van der Waals surface area contributed by atoms with Gasteiger partial charge in [0.05, 0.1) is 24.9 Å². The van der Waals surface area contributed by atoms with Crippen LogP contribution < -0.4 is 14.8 Å². The van der Waals surface area contributed by atoms with Crippen molar-refractivity contribution in [3.8, 4) is 11.6 Å². The molecule has 0 unspecified atom stereocenters. The lowest BCUT2D eigenvalue weighted by Gasteiger charge is -2.70. The Kier molecular flexibility index (Phi) is 3.86. The van der Waals surface area contributed by atoms with Gasteiger partial charge in [0.1, 0.15) is 11.3 Å². The lowest BCUT2D eigenvalue weighted by molar-refractivity contribution is -0.164. The first-order valence-electron chi connectivity index (χ1n) is 10.2. The van der Waals surface area contributed by atoms with Gasteiger partial charge in [-0.15, -0.1) is 0 Å². The molecule has 2 N–H and O–H groups in total. The van der Waals surface area contributed by atoms with Gasteiger partial charge in [0, 0.05) is 40.2 Å². The van der Waals surface area contributed by atoms with E-state index in [2.05, 4.69) is 15.4 Å². The molecular weight excluding hydrogens is 420 g/mol. The van der Waals surface area contributed by atoms with Gasteiger partial charge in [0.25, 0.3) is 5.91 Å². The molecule has 3 heterocycles. The maximum atomic E-state index is 12.9. The van der Waals surface area contributed by atoms with Crippen LogP contribution in [0.15, 0.2) is 36.7 Å². The number of rotatable bonds is 4. The van der Waals surface area contributed by atoms with Crippen LogP contribution in [-0.2, 0) is 10.3 Å². The highest BCUT2D eigenvalue weighted by Crippen LogP contribution is 2.65. The van der Waals surface area contributed by atoms with E-state index in [4.69, 9.17) is 21.1 Å². The van der Waals surface area contributed by atoms with Gasteiger partial charge < -0.3 is 19.9 Å². The van der Waals surface area contributed by atoms with E-state index in [9.17, 15) is 9.90 Å². The summed E-state index contributed by atoms with van der Waals surface area (Å²) in [4.78, 5) is 17.1. The largest absolute Gasteiger partial charge is 0.481 e. The number of carbonyl (C=O) groups excluding carboxylic acids is 1. The second-order valence-corrected chi connectivity index (χ2v) is 9.36. The van der Waals surface area contributed by atoms with Crippen LogP contribution in [0.25, 0.3) is 10.9 Å². The third kappa shape index (κ3) is 2.81. The summed E-state index contributed by atoms with van der Waals surface area (Å²) in [6.45, 7) is 0. The SMILES string of the molecule is COc1cc2cn(C34CC(NC(=O)[C@H]5C[C@@H](O)c6cc(Cl)ccc6O5)(C3)C4)nc2cn1. The third-order valence-corrected chi connectivity index (χ3v) is 7.02. The zero-order valence-electron chi connectivity index (χ0n) is 16.8. The van der Waals surface area contributed by atoms with Crippen LogP contribution >= 0.6 is 11.6 Å². The molecule has 1 aliphatic heterocycles. The van der Waals surface area contributed by atoms with Crippen LogP contribution in [0.4, 0.5) is 0 Å². The molecule has 31 heavy (non-hydrogen) atoms. The summed E-state index contributed by atoms with van der Waals surface area (Å²) in [5.74, 6) is 0.879. The Morgan fingerprint density at radius 1 is 1.35 bits per heavy atom. The van der Waals surface area contributed by atoms with Crippen molar-refractivity contribution < 1.29 is 19.4 Å².